The minimum atomic E-state index is 0.276. The first kappa shape index (κ1) is 14.1. The van der Waals surface area contributed by atoms with Crippen LogP contribution in [0.1, 0.15) is 38.2 Å². The molecule has 1 saturated heterocycles. The number of nitrogens with zero attached hydrogens (tertiary/aromatic N) is 1. The van der Waals surface area contributed by atoms with Crippen LogP contribution in [0.3, 0.4) is 0 Å². The Balaban J connectivity index is 1.54. The topological polar surface area (TPSA) is 29.3 Å². The molecule has 1 heterocycles. The highest BCUT2D eigenvalue weighted by molar-refractivity contribution is 5.15. The Labute approximate surface area is 123 Å². The molecule has 2 nitrogen and oxygen atoms in total. The predicted octanol–water partition coefficient (Wildman–Crippen LogP) is 3.07. The third-order valence-corrected chi connectivity index (χ3v) is 5.57. The minimum absolute atomic E-state index is 0.276. The predicted molar refractivity (Wildman–Crippen MR) is 84.6 cm³/mol. The van der Waals surface area contributed by atoms with Gasteiger partial charge >= 0.3 is 0 Å². The van der Waals surface area contributed by atoms with Crippen molar-refractivity contribution in [1.29, 1.82) is 0 Å². The number of hydrogen-bond donors (Lipinski definition) is 1. The number of hydrogen-bond acceptors (Lipinski definition) is 2. The quantitative estimate of drug-likeness (QED) is 0.892. The third kappa shape index (κ3) is 2.91. The van der Waals surface area contributed by atoms with Crippen molar-refractivity contribution in [3.63, 3.8) is 0 Å². The average molecular weight is 272 g/mol. The molecule has 0 radical (unpaired) electrons. The van der Waals surface area contributed by atoms with E-state index in [1.807, 2.05) is 0 Å². The summed E-state index contributed by atoms with van der Waals surface area (Å²) < 4.78 is 0. The molecule has 0 aromatic heterocycles. The van der Waals surface area contributed by atoms with E-state index in [2.05, 4.69) is 42.2 Å². The van der Waals surface area contributed by atoms with E-state index in [0.717, 1.165) is 18.4 Å². The van der Waals surface area contributed by atoms with Crippen LogP contribution in [0.25, 0.3) is 0 Å². The molecule has 110 valence electrons. The summed E-state index contributed by atoms with van der Waals surface area (Å²) in [6.07, 6.45) is 6.68. The Hall–Kier alpha value is -0.860. The Bertz CT molecular complexity index is 418. The maximum atomic E-state index is 6.10. The highest BCUT2D eigenvalue weighted by atomic mass is 15.2. The van der Waals surface area contributed by atoms with E-state index >= 15 is 0 Å². The summed E-state index contributed by atoms with van der Waals surface area (Å²) in [7, 11) is 0. The van der Waals surface area contributed by atoms with Crippen LogP contribution >= 0.6 is 0 Å². The molecule has 1 atom stereocenters. The minimum Gasteiger partial charge on any atom is -0.329 e. The maximum absolute atomic E-state index is 6.10. The molecular weight excluding hydrogens is 244 g/mol. The van der Waals surface area contributed by atoms with Crippen LogP contribution in [0.4, 0.5) is 0 Å². The Morgan fingerprint density at radius 2 is 1.75 bits per heavy atom. The molecule has 2 fully saturated rings. The molecule has 1 unspecified atom stereocenters. The van der Waals surface area contributed by atoms with E-state index < -0.39 is 0 Å². The van der Waals surface area contributed by atoms with Gasteiger partial charge in [0, 0.05) is 12.1 Å². The Morgan fingerprint density at radius 1 is 1.10 bits per heavy atom. The van der Waals surface area contributed by atoms with Crippen molar-refractivity contribution in [1.82, 2.24) is 4.90 Å². The first-order valence-corrected chi connectivity index (χ1v) is 8.21. The van der Waals surface area contributed by atoms with Gasteiger partial charge in [0.25, 0.3) is 0 Å². The molecule has 2 heteroatoms. The number of rotatable bonds is 5. The monoisotopic (exact) mass is 272 g/mol. The molecule has 1 aliphatic heterocycles. The van der Waals surface area contributed by atoms with E-state index in [1.165, 1.54) is 50.8 Å². The van der Waals surface area contributed by atoms with Gasteiger partial charge in [-0.05, 0) is 69.5 Å². The Kier molecular flexibility index (Phi) is 4.13. The van der Waals surface area contributed by atoms with Gasteiger partial charge in [-0.2, -0.15) is 0 Å². The van der Waals surface area contributed by atoms with Crippen LogP contribution in [-0.2, 0) is 6.42 Å². The van der Waals surface area contributed by atoms with Crippen molar-refractivity contribution >= 4 is 0 Å². The summed E-state index contributed by atoms with van der Waals surface area (Å²) in [5.41, 5.74) is 7.87. The smallest absolute Gasteiger partial charge is 0.0331 e. The molecule has 3 rings (SSSR count). The van der Waals surface area contributed by atoms with Crippen LogP contribution in [0.15, 0.2) is 30.3 Å². The van der Waals surface area contributed by atoms with Crippen molar-refractivity contribution in [3.8, 4) is 0 Å². The van der Waals surface area contributed by atoms with Gasteiger partial charge in [0.1, 0.15) is 0 Å². The van der Waals surface area contributed by atoms with Gasteiger partial charge in [-0.1, -0.05) is 30.3 Å². The number of likely N-dealkylation sites (tertiary alicyclic amines) is 1. The molecule has 0 amide bonds. The van der Waals surface area contributed by atoms with Crippen molar-refractivity contribution in [3.05, 3.63) is 35.9 Å². The van der Waals surface area contributed by atoms with Crippen LogP contribution in [0, 0.1) is 11.8 Å². The van der Waals surface area contributed by atoms with E-state index in [-0.39, 0.29) is 5.54 Å². The highest BCUT2D eigenvalue weighted by Gasteiger charge is 2.45. The average Bonchev–Trinajstić information content (AvgIpc) is 3.33. The summed E-state index contributed by atoms with van der Waals surface area (Å²) in [6, 6.07) is 10.9. The lowest BCUT2D eigenvalue weighted by Crippen LogP contribution is -2.56. The fourth-order valence-electron chi connectivity index (χ4n) is 3.85. The van der Waals surface area contributed by atoms with Gasteiger partial charge in [-0.25, -0.2) is 0 Å². The summed E-state index contributed by atoms with van der Waals surface area (Å²) in [6.45, 7) is 5.69. The molecular formula is C18H28N2. The lowest BCUT2D eigenvalue weighted by molar-refractivity contribution is 0.0514. The largest absolute Gasteiger partial charge is 0.329 e. The molecule has 2 N–H and O–H groups in total. The maximum Gasteiger partial charge on any atom is 0.0331 e. The van der Waals surface area contributed by atoms with Crippen LogP contribution < -0.4 is 5.73 Å². The van der Waals surface area contributed by atoms with Gasteiger partial charge < -0.3 is 5.73 Å². The first-order chi connectivity index (χ1) is 9.72. The van der Waals surface area contributed by atoms with Gasteiger partial charge in [0.05, 0.1) is 0 Å². The van der Waals surface area contributed by atoms with Gasteiger partial charge in [-0.15, -0.1) is 0 Å². The van der Waals surface area contributed by atoms with E-state index in [1.54, 1.807) is 0 Å². The van der Waals surface area contributed by atoms with Crippen LogP contribution in [0.5, 0.6) is 0 Å². The highest BCUT2D eigenvalue weighted by Crippen LogP contribution is 2.43. The first-order valence-electron chi connectivity index (χ1n) is 8.21. The van der Waals surface area contributed by atoms with E-state index in [4.69, 9.17) is 5.73 Å². The molecule has 0 bridgehead atoms. The third-order valence-electron chi connectivity index (χ3n) is 5.57. The van der Waals surface area contributed by atoms with Crippen molar-refractivity contribution < 1.29 is 0 Å². The lowest BCUT2D eigenvalue weighted by atomic mass is 9.85. The normalized spacial score (nSPS) is 24.5. The summed E-state index contributed by atoms with van der Waals surface area (Å²) >= 11 is 0. The zero-order valence-electron chi connectivity index (χ0n) is 12.7. The molecule has 1 aromatic rings. The van der Waals surface area contributed by atoms with Crippen LogP contribution in [-0.4, -0.2) is 30.1 Å². The molecule has 2 aliphatic rings. The van der Waals surface area contributed by atoms with Gasteiger partial charge in [0.2, 0.25) is 0 Å². The number of benzene rings is 1. The molecule has 1 aromatic carbocycles. The second-order valence-corrected chi connectivity index (χ2v) is 6.96. The Morgan fingerprint density at radius 3 is 2.30 bits per heavy atom. The summed E-state index contributed by atoms with van der Waals surface area (Å²) in [5, 5.41) is 0. The SMILES string of the molecule is CC(CN)(C1CC1)N1CCC(Cc2ccccc2)CC1. The zero-order chi connectivity index (χ0) is 14.0. The zero-order valence-corrected chi connectivity index (χ0v) is 12.7. The summed E-state index contributed by atoms with van der Waals surface area (Å²) in [4.78, 5) is 2.69. The van der Waals surface area contributed by atoms with Crippen molar-refractivity contribution in [2.24, 2.45) is 17.6 Å². The second-order valence-electron chi connectivity index (χ2n) is 6.96. The fraction of sp³-hybridized carbons (Fsp3) is 0.667. The van der Waals surface area contributed by atoms with Gasteiger partial charge in [-0.3, -0.25) is 4.90 Å². The fourth-order valence-corrected chi connectivity index (χ4v) is 3.85. The van der Waals surface area contributed by atoms with E-state index in [0.29, 0.717) is 0 Å². The number of nitrogens with two attached hydrogens (primary N) is 1. The van der Waals surface area contributed by atoms with Gasteiger partial charge in [0.15, 0.2) is 0 Å². The van der Waals surface area contributed by atoms with Crippen LogP contribution in [0.2, 0.25) is 0 Å². The molecule has 0 spiro atoms. The van der Waals surface area contributed by atoms with E-state index in [9.17, 15) is 0 Å². The summed E-state index contributed by atoms with van der Waals surface area (Å²) in [5.74, 6) is 1.72. The number of piperidine rings is 1. The lowest BCUT2D eigenvalue weighted by Gasteiger charge is -2.45. The molecule has 1 saturated carbocycles. The molecule has 20 heavy (non-hydrogen) atoms. The second kappa shape index (κ2) is 5.87. The van der Waals surface area contributed by atoms with Crippen molar-refractivity contribution in [2.75, 3.05) is 19.6 Å². The van der Waals surface area contributed by atoms with Crippen molar-refractivity contribution in [2.45, 2.75) is 44.6 Å². The molecule has 1 aliphatic carbocycles. The standard InChI is InChI=1S/C18H28N2/c1-18(14-19,17-7-8-17)20-11-9-16(10-12-20)13-15-5-3-2-4-6-15/h2-6,16-17H,7-14,19H2,1H3.